The van der Waals surface area contributed by atoms with E-state index in [4.69, 9.17) is 17.0 Å². The zero-order valence-electron chi connectivity index (χ0n) is 20.4. The van der Waals surface area contributed by atoms with Crippen molar-refractivity contribution >= 4 is 28.8 Å². The van der Waals surface area contributed by atoms with Crippen molar-refractivity contribution in [1.29, 1.82) is 0 Å². The van der Waals surface area contributed by atoms with Crippen LogP contribution in [0.2, 0.25) is 0 Å². The van der Waals surface area contributed by atoms with Crippen molar-refractivity contribution in [3.8, 4) is 0 Å². The average Bonchev–Trinajstić information content (AvgIpc) is 2.98. The third kappa shape index (κ3) is 3.53. The molecule has 8 atom stereocenters. The van der Waals surface area contributed by atoms with Gasteiger partial charge in [0, 0.05) is 13.3 Å². The first kappa shape index (κ1) is 24.1. The van der Waals surface area contributed by atoms with Gasteiger partial charge in [-0.15, -0.1) is 0 Å². The van der Waals surface area contributed by atoms with Gasteiger partial charge in [-0.3, -0.25) is 9.59 Å². The molecule has 4 aliphatic carbocycles. The molecule has 0 heterocycles. The maximum atomic E-state index is 12.4. The van der Waals surface area contributed by atoms with E-state index in [0.29, 0.717) is 43.6 Å². The van der Waals surface area contributed by atoms with Crippen LogP contribution in [-0.2, 0) is 14.3 Å². The van der Waals surface area contributed by atoms with E-state index < -0.39 is 5.60 Å². The van der Waals surface area contributed by atoms with Crippen molar-refractivity contribution in [3.63, 3.8) is 0 Å². The molecule has 32 heavy (non-hydrogen) atoms. The van der Waals surface area contributed by atoms with Crippen LogP contribution in [0.15, 0.2) is 11.6 Å². The molecule has 0 spiro atoms. The van der Waals surface area contributed by atoms with Gasteiger partial charge >= 0.3 is 5.97 Å². The number of ether oxygens (including phenoxy) is 1. The average molecular weight is 461 g/mol. The number of ketones is 1. The summed E-state index contributed by atoms with van der Waals surface area (Å²) in [7, 11) is 0. The minimum atomic E-state index is -0.717. The molecule has 0 radical (unpaired) electrons. The first-order valence-electron chi connectivity index (χ1n) is 12.6. The molecule has 3 fully saturated rings. The van der Waals surface area contributed by atoms with Gasteiger partial charge in [-0.1, -0.05) is 38.6 Å². The number of hydrogen-bond acceptors (Lipinski definition) is 5. The summed E-state index contributed by atoms with van der Waals surface area (Å²) < 4.78 is 5.14. The number of thiocarbonyl (C=S) groups is 1. The fourth-order valence-corrected chi connectivity index (χ4v) is 9.04. The van der Waals surface area contributed by atoms with E-state index in [0.717, 1.165) is 37.0 Å². The zero-order chi connectivity index (χ0) is 23.5. The lowest BCUT2D eigenvalue weighted by Gasteiger charge is -2.63. The predicted octanol–water partition coefficient (Wildman–Crippen LogP) is 5.45. The number of allylic oxidation sites excluding steroid dienone is 1. The summed E-state index contributed by atoms with van der Waals surface area (Å²) in [5.41, 5.74) is 0.541. The Hall–Kier alpha value is -1.07. The standard InChI is InChI=1S/C27H40O4S/c1-16-22-15-19(29)7-11-25(22,4)20-8-12-26(5)21(24(20)23(16)17(2)32)9-13-27(26,30)10-6-14-31-18(3)28/h15-16,20-21,23-24,30H,6-14H2,1-5H3/t16-,20+,21+,23+,24-,25-,26+,27+/m1/s1. The topological polar surface area (TPSA) is 63.6 Å². The van der Waals surface area contributed by atoms with Gasteiger partial charge < -0.3 is 9.84 Å². The summed E-state index contributed by atoms with van der Waals surface area (Å²) in [6.45, 7) is 10.9. The van der Waals surface area contributed by atoms with Crippen LogP contribution in [0, 0.1) is 40.4 Å². The van der Waals surface area contributed by atoms with Crippen molar-refractivity contribution in [3.05, 3.63) is 11.6 Å². The van der Waals surface area contributed by atoms with Crippen LogP contribution in [0.1, 0.15) is 86.0 Å². The maximum Gasteiger partial charge on any atom is 0.302 e. The minimum Gasteiger partial charge on any atom is -0.466 e. The molecule has 4 nitrogen and oxygen atoms in total. The Labute approximate surface area is 198 Å². The van der Waals surface area contributed by atoms with Gasteiger partial charge in [0.2, 0.25) is 0 Å². The largest absolute Gasteiger partial charge is 0.466 e. The number of esters is 1. The molecule has 0 aliphatic heterocycles. The number of carbonyl (C=O) groups excluding carboxylic acids is 2. The van der Waals surface area contributed by atoms with Gasteiger partial charge in [0.05, 0.1) is 12.2 Å². The third-order valence-electron chi connectivity index (χ3n) is 10.3. The lowest BCUT2D eigenvalue weighted by molar-refractivity contribution is -0.148. The summed E-state index contributed by atoms with van der Waals surface area (Å²) in [4.78, 5) is 24.6. The summed E-state index contributed by atoms with van der Waals surface area (Å²) in [5, 5.41) is 11.9. The monoisotopic (exact) mass is 460 g/mol. The van der Waals surface area contributed by atoms with Gasteiger partial charge in [-0.05, 0) is 103 Å². The Balaban J connectivity index is 1.66. The molecule has 0 unspecified atom stereocenters. The van der Waals surface area contributed by atoms with Crippen molar-refractivity contribution in [2.45, 2.75) is 91.6 Å². The van der Waals surface area contributed by atoms with Crippen LogP contribution in [0.5, 0.6) is 0 Å². The third-order valence-corrected chi connectivity index (χ3v) is 10.6. The molecule has 3 saturated carbocycles. The summed E-state index contributed by atoms with van der Waals surface area (Å²) in [5.74, 6) is 1.98. The maximum absolute atomic E-state index is 12.4. The highest BCUT2D eigenvalue weighted by Crippen LogP contribution is 2.70. The first-order chi connectivity index (χ1) is 14.9. The van der Waals surface area contributed by atoms with Crippen molar-refractivity contribution < 1.29 is 19.4 Å². The molecular weight excluding hydrogens is 420 g/mol. The van der Waals surface area contributed by atoms with E-state index >= 15 is 0 Å². The van der Waals surface area contributed by atoms with Gasteiger partial charge in [-0.25, -0.2) is 0 Å². The Bertz CT molecular complexity index is 849. The van der Waals surface area contributed by atoms with E-state index in [1.54, 1.807) is 0 Å². The van der Waals surface area contributed by atoms with E-state index in [1.807, 2.05) is 6.08 Å². The van der Waals surface area contributed by atoms with Gasteiger partial charge in [0.1, 0.15) is 0 Å². The first-order valence-corrected chi connectivity index (χ1v) is 13.0. The van der Waals surface area contributed by atoms with E-state index in [1.165, 1.54) is 12.5 Å². The summed E-state index contributed by atoms with van der Waals surface area (Å²) in [6.07, 6.45) is 8.87. The van der Waals surface area contributed by atoms with Crippen LogP contribution in [-0.4, -0.2) is 33.9 Å². The van der Waals surface area contributed by atoms with E-state index in [2.05, 4.69) is 27.7 Å². The fraction of sp³-hybridized carbons (Fsp3) is 0.815. The van der Waals surface area contributed by atoms with Crippen molar-refractivity contribution in [2.24, 2.45) is 40.4 Å². The highest BCUT2D eigenvalue weighted by atomic mass is 32.1. The van der Waals surface area contributed by atoms with Crippen LogP contribution in [0.4, 0.5) is 0 Å². The lowest BCUT2D eigenvalue weighted by Crippen LogP contribution is -2.59. The molecule has 0 bridgehead atoms. The van der Waals surface area contributed by atoms with Crippen LogP contribution >= 0.6 is 12.2 Å². The Morgan fingerprint density at radius 2 is 1.88 bits per heavy atom. The van der Waals surface area contributed by atoms with E-state index in [-0.39, 0.29) is 34.4 Å². The molecule has 0 saturated heterocycles. The van der Waals surface area contributed by atoms with E-state index in [9.17, 15) is 14.7 Å². The second-order valence-electron chi connectivity index (χ2n) is 11.7. The molecule has 5 heteroatoms. The summed E-state index contributed by atoms with van der Waals surface area (Å²) >= 11 is 5.86. The molecule has 0 aromatic heterocycles. The van der Waals surface area contributed by atoms with Gasteiger partial charge in [0.15, 0.2) is 5.78 Å². The summed E-state index contributed by atoms with van der Waals surface area (Å²) in [6, 6.07) is 0. The molecule has 1 N–H and O–H groups in total. The van der Waals surface area contributed by atoms with Crippen LogP contribution in [0.25, 0.3) is 0 Å². The second kappa shape index (κ2) is 8.30. The minimum absolute atomic E-state index is 0.0661. The Morgan fingerprint density at radius 3 is 2.53 bits per heavy atom. The van der Waals surface area contributed by atoms with Gasteiger partial charge in [0.25, 0.3) is 0 Å². The molecule has 4 rings (SSSR count). The molecular formula is C27H40O4S. The Morgan fingerprint density at radius 1 is 1.19 bits per heavy atom. The Kier molecular flexibility index (Phi) is 6.24. The molecule has 0 aromatic rings. The molecule has 0 aromatic carbocycles. The molecule has 0 amide bonds. The SMILES string of the molecule is CC(=O)OCCC[C@]1(O)CC[C@H]2[C@@H]3[C@H](C(C)=S)[C@H](C)C4=CC(=O)CC[C@]4(C)[C@H]3CC[C@@]21C. The van der Waals surface area contributed by atoms with Crippen LogP contribution < -0.4 is 0 Å². The smallest absolute Gasteiger partial charge is 0.302 e. The van der Waals surface area contributed by atoms with Crippen molar-refractivity contribution in [2.75, 3.05) is 6.61 Å². The highest BCUT2D eigenvalue weighted by Gasteiger charge is 2.66. The normalized spacial score (nSPS) is 45.4. The predicted molar refractivity (Wildman–Crippen MR) is 129 cm³/mol. The molecule has 178 valence electrons. The van der Waals surface area contributed by atoms with Crippen molar-refractivity contribution in [1.82, 2.24) is 0 Å². The number of aliphatic hydroxyl groups is 1. The quantitative estimate of drug-likeness (QED) is 0.336. The van der Waals surface area contributed by atoms with Crippen LogP contribution in [0.3, 0.4) is 0 Å². The highest BCUT2D eigenvalue weighted by molar-refractivity contribution is 7.80. The zero-order valence-corrected chi connectivity index (χ0v) is 21.2. The number of rotatable bonds is 5. The molecule has 4 aliphatic rings. The van der Waals surface area contributed by atoms with Gasteiger partial charge in [-0.2, -0.15) is 0 Å². The number of hydrogen-bond donors (Lipinski definition) is 1. The number of carbonyl (C=O) groups is 2. The number of fused-ring (bicyclic) bond motifs is 5. The lowest BCUT2D eigenvalue weighted by atomic mass is 9.42. The fourth-order valence-electron chi connectivity index (χ4n) is 8.68. The second-order valence-corrected chi connectivity index (χ2v) is 12.3.